The number of piperazine rings is 1. The van der Waals surface area contributed by atoms with E-state index in [9.17, 15) is 9.59 Å². The smallest absolute Gasteiger partial charge is 0.264 e. The zero-order chi connectivity index (χ0) is 23.0. The van der Waals surface area contributed by atoms with Gasteiger partial charge < -0.3 is 14.5 Å². The Bertz CT molecular complexity index is 1030. The first-order chi connectivity index (χ1) is 16.1. The van der Waals surface area contributed by atoms with E-state index >= 15 is 0 Å². The van der Waals surface area contributed by atoms with Gasteiger partial charge in [-0.3, -0.25) is 14.5 Å². The van der Waals surface area contributed by atoms with Gasteiger partial charge in [0.25, 0.3) is 5.91 Å². The predicted molar refractivity (Wildman–Crippen MR) is 130 cm³/mol. The number of amides is 2. The Hall–Kier alpha value is -3.16. The number of rotatable bonds is 8. The molecule has 0 N–H and O–H groups in total. The maximum atomic E-state index is 13.2. The van der Waals surface area contributed by atoms with Gasteiger partial charge in [0.2, 0.25) is 5.91 Å². The molecular formula is C26H29N3O3S. The summed E-state index contributed by atoms with van der Waals surface area (Å²) in [4.78, 5) is 32.4. The monoisotopic (exact) mass is 463 g/mol. The minimum atomic E-state index is 0.0577. The van der Waals surface area contributed by atoms with E-state index in [2.05, 4.69) is 17.0 Å². The topological polar surface area (TPSA) is 53.1 Å². The van der Waals surface area contributed by atoms with E-state index in [0.717, 1.165) is 16.2 Å². The number of hydrogen-bond acceptors (Lipinski definition) is 5. The van der Waals surface area contributed by atoms with Crippen LogP contribution in [0.3, 0.4) is 0 Å². The van der Waals surface area contributed by atoms with Crippen molar-refractivity contribution in [3.8, 4) is 5.75 Å². The Balaban J connectivity index is 1.37. The van der Waals surface area contributed by atoms with Crippen LogP contribution in [-0.4, -0.2) is 66.3 Å². The van der Waals surface area contributed by atoms with Crippen molar-refractivity contribution < 1.29 is 14.3 Å². The fraction of sp³-hybridized carbons (Fsp3) is 0.308. The van der Waals surface area contributed by atoms with Crippen molar-refractivity contribution >= 4 is 23.2 Å². The summed E-state index contributed by atoms with van der Waals surface area (Å²) in [5.41, 5.74) is 2.30. The molecule has 1 fully saturated rings. The Labute approximate surface area is 199 Å². The van der Waals surface area contributed by atoms with Crippen molar-refractivity contribution in [1.82, 2.24) is 14.7 Å². The molecule has 0 aliphatic carbocycles. The van der Waals surface area contributed by atoms with Gasteiger partial charge in [-0.05, 0) is 34.7 Å². The minimum Gasteiger partial charge on any atom is -0.497 e. The van der Waals surface area contributed by atoms with Crippen LogP contribution >= 0.6 is 11.3 Å². The lowest BCUT2D eigenvalue weighted by Gasteiger charge is -2.35. The van der Waals surface area contributed by atoms with Crippen LogP contribution in [0.5, 0.6) is 5.75 Å². The molecule has 33 heavy (non-hydrogen) atoms. The molecule has 6 nitrogen and oxygen atoms in total. The average Bonchev–Trinajstić information content (AvgIpc) is 3.40. The summed E-state index contributed by atoms with van der Waals surface area (Å²) in [6, 6.07) is 21.9. The zero-order valence-corrected chi connectivity index (χ0v) is 19.7. The van der Waals surface area contributed by atoms with Gasteiger partial charge in [-0.15, -0.1) is 11.3 Å². The number of methoxy groups -OCH3 is 1. The Morgan fingerprint density at radius 3 is 2.09 bits per heavy atom. The summed E-state index contributed by atoms with van der Waals surface area (Å²) in [6.07, 6.45) is 0. The third-order valence-corrected chi connectivity index (χ3v) is 6.68. The summed E-state index contributed by atoms with van der Waals surface area (Å²) in [5, 5.41) is 1.91. The van der Waals surface area contributed by atoms with Crippen LogP contribution < -0.4 is 4.74 Å². The number of nitrogens with zero attached hydrogens (tertiary/aromatic N) is 3. The van der Waals surface area contributed by atoms with E-state index in [1.54, 1.807) is 7.11 Å². The van der Waals surface area contributed by atoms with Crippen molar-refractivity contribution in [3.63, 3.8) is 0 Å². The molecule has 0 saturated carbocycles. The van der Waals surface area contributed by atoms with Crippen LogP contribution in [0.15, 0.2) is 72.1 Å². The highest BCUT2D eigenvalue weighted by Gasteiger charge is 2.26. The van der Waals surface area contributed by atoms with E-state index in [-0.39, 0.29) is 11.8 Å². The lowest BCUT2D eigenvalue weighted by molar-refractivity contribution is -0.134. The van der Waals surface area contributed by atoms with Crippen LogP contribution in [0, 0.1) is 0 Å². The minimum absolute atomic E-state index is 0.0577. The van der Waals surface area contributed by atoms with Crippen molar-refractivity contribution in [3.05, 3.63) is 88.1 Å². The average molecular weight is 464 g/mol. The summed E-state index contributed by atoms with van der Waals surface area (Å²) >= 11 is 1.46. The molecule has 0 bridgehead atoms. The highest BCUT2D eigenvalue weighted by Crippen LogP contribution is 2.17. The van der Waals surface area contributed by atoms with Gasteiger partial charge >= 0.3 is 0 Å². The highest BCUT2D eigenvalue weighted by atomic mass is 32.1. The standard InChI is InChI=1S/C26H29N3O3S/c1-32-23-11-9-22(10-12-23)19-27(18-21-6-3-2-4-7-21)20-25(30)28-13-15-29(16-14-28)26(31)24-8-5-17-33-24/h2-12,17H,13-16,18-20H2,1H3. The van der Waals surface area contributed by atoms with Crippen LogP contribution in [0.25, 0.3) is 0 Å². The molecule has 3 aromatic rings. The first-order valence-corrected chi connectivity index (χ1v) is 12.0. The number of benzene rings is 2. The lowest BCUT2D eigenvalue weighted by Crippen LogP contribution is -2.52. The molecular weight excluding hydrogens is 434 g/mol. The normalized spacial score (nSPS) is 13.9. The summed E-state index contributed by atoms with van der Waals surface area (Å²) in [6.45, 7) is 3.96. The number of carbonyl (C=O) groups excluding carboxylic acids is 2. The maximum absolute atomic E-state index is 13.2. The molecule has 4 rings (SSSR count). The molecule has 7 heteroatoms. The molecule has 0 atom stereocenters. The molecule has 0 spiro atoms. The van der Waals surface area contributed by atoms with Gasteiger partial charge in [0, 0.05) is 39.3 Å². The van der Waals surface area contributed by atoms with Crippen molar-refractivity contribution in [1.29, 1.82) is 0 Å². The number of ether oxygens (including phenoxy) is 1. The van der Waals surface area contributed by atoms with Crippen molar-refractivity contribution in [2.75, 3.05) is 39.8 Å². The summed E-state index contributed by atoms with van der Waals surface area (Å²) < 4.78 is 5.26. The first-order valence-electron chi connectivity index (χ1n) is 11.1. The van der Waals surface area contributed by atoms with Crippen molar-refractivity contribution in [2.24, 2.45) is 0 Å². The second-order valence-electron chi connectivity index (χ2n) is 8.13. The molecule has 2 heterocycles. The Kier molecular flexibility index (Phi) is 7.75. The van der Waals surface area contributed by atoms with Gasteiger partial charge in [0.1, 0.15) is 5.75 Å². The Morgan fingerprint density at radius 2 is 1.48 bits per heavy atom. The molecule has 0 unspecified atom stereocenters. The largest absolute Gasteiger partial charge is 0.497 e. The van der Waals surface area contributed by atoms with Crippen molar-refractivity contribution in [2.45, 2.75) is 13.1 Å². The van der Waals surface area contributed by atoms with E-state index in [4.69, 9.17) is 4.74 Å². The second kappa shape index (κ2) is 11.1. The van der Waals surface area contributed by atoms with Gasteiger partial charge in [-0.1, -0.05) is 48.5 Å². The molecule has 2 amide bonds. The van der Waals surface area contributed by atoms with E-state index in [1.807, 2.05) is 69.8 Å². The van der Waals surface area contributed by atoms with Crippen LogP contribution in [0.1, 0.15) is 20.8 Å². The third-order valence-electron chi connectivity index (χ3n) is 5.82. The molecule has 1 saturated heterocycles. The summed E-state index contributed by atoms with van der Waals surface area (Å²) in [7, 11) is 1.66. The maximum Gasteiger partial charge on any atom is 0.264 e. The first kappa shape index (κ1) is 23.0. The van der Waals surface area contributed by atoms with Gasteiger partial charge in [0.05, 0.1) is 18.5 Å². The SMILES string of the molecule is COc1ccc(CN(CC(=O)N2CCN(C(=O)c3cccs3)CC2)Cc2ccccc2)cc1. The molecule has 0 radical (unpaired) electrons. The summed E-state index contributed by atoms with van der Waals surface area (Å²) in [5.74, 6) is 0.976. The predicted octanol–water partition coefficient (Wildman–Crippen LogP) is 3.74. The molecule has 1 aliphatic heterocycles. The Morgan fingerprint density at radius 1 is 0.848 bits per heavy atom. The number of hydrogen-bond donors (Lipinski definition) is 0. The van der Waals surface area contributed by atoms with Crippen LogP contribution in [0.4, 0.5) is 0 Å². The molecule has 1 aromatic heterocycles. The lowest BCUT2D eigenvalue weighted by atomic mass is 10.1. The number of carbonyl (C=O) groups is 2. The molecule has 172 valence electrons. The number of thiophene rings is 1. The fourth-order valence-electron chi connectivity index (χ4n) is 4.00. The van der Waals surface area contributed by atoms with E-state index in [1.165, 1.54) is 16.9 Å². The van der Waals surface area contributed by atoms with E-state index < -0.39 is 0 Å². The van der Waals surface area contributed by atoms with Crippen LogP contribution in [-0.2, 0) is 17.9 Å². The molecule has 2 aromatic carbocycles. The van der Waals surface area contributed by atoms with Gasteiger partial charge in [-0.25, -0.2) is 0 Å². The second-order valence-corrected chi connectivity index (χ2v) is 9.08. The van der Waals surface area contributed by atoms with Gasteiger partial charge in [-0.2, -0.15) is 0 Å². The van der Waals surface area contributed by atoms with Gasteiger partial charge in [0.15, 0.2) is 0 Å². The quantitative estimate of drug-likeness (QED) is 0.511. The third kappa shape index (κ3) is 6.21. The molecule has 1 aliphatic rings. The van der Waals surface area contributed by atoms with Crippen LogP contribution in [0.2, 0.25) is 0 Å². The fourth-order valence-corrected chi connectivity index (χ4v) is 4.70. The zero-order valence-electron chi connectivity index (χ0n) is 18.9. The highest BCUT2D eigenvalue weighted by molar-refractivity contribution is 7.12. The van der Waals surface area contributed by atoms with E-state index in [0.29, 0.717) is 45.8 Å².